The second kappa shape index (κ2) is 6.06. The fraction of sp³-hybridized carbons (Fsp3) is 0.143. The maximum Gasteiger partial charge on any atom is 0.160 e. The van der Waals surface area contributed by atoms with E-state index >= 15 is 0 Å². The van der Waals surface area contributed by atoms with Gasteiger partial charge in [-0.2, -0.15) is 0 Å². The van der Waals surface area contributed by atoms with Crippen molar-refractivity contribution < 1.29 is 17.9 Å². The zero-order chi connectivity index (χ0) is 14.9. The Morgan fingerprint density at radius 1 is 1.00 bits per heavy atom. The zero-order valence-corrected chi connectivity index (χ0v) is 12.6. The van der Waals surface area contributed by atoms with Crippen LogP contribution in [0.2, 0.25) is 5.02 Å². The van der Waals surface area contributed by atoms with Gasteiger partial charge in [-0.05, 0) is 23.8 Å². The van der Waals surface area contributed by atoms with Gasteiger partial charge in [0.15, 0.2) is 11.6 Å². The molecule has 0 saturated carbocycles. The third-order valence-corrected chi connectivity index (χ3v) is 4.11. The molecule has 0 heterocycles. The van der Waals surface area contributed by atoms with Gasteiger partial charge in [-0.1, -0.05) is 33.6 Å². The predicted molar refractivity (Wildman–Crippen MR) is 75.1 cm³/mol. The van der Waals surface area contributed by atoms with Gasteiger partial charge in [-0.25, -0.2) is 13.2 Å². The second-order valence-corrected chi connectivity index (χ2v) is 5.36. The van der Waals surface area contributed by atoms with Crippen molar-refractivity contribution in [2.45, 2.75) is 4.83 Å². The Labute approximate surface area is 127 Å². The first kappa shape index (κ1) is 15.2. The molecule has 0 fully saturated rings. The quantitative estimate of drug-likeness (QED) is 0.533. The van der Waals surface area contributed by atoms with Gasteiger partial charge >= 0.3 is 0 Å². The highest BCUT2D eigenvalue weighted by atomic mass is 79.9. The van der Waals surface area contributed by atoms with Crippen molar-refractivity contribution in [3.8, 4) is 5.75 Å². The van der Waals surface area contributed by atoms with Gasteiger partial charge in [-0.3, -0.25) is 0 Å². The number of ether oxygens (including phenoxy) is 1. The van der Waals surface area contributed by atoms with E-state index in [0.29, 0.717) is 5.75 Å². The van der Waals surface area contributed by atoms with Crippen molar-refractivity contribution in [2.24, 2.45) is 0 Å². The van der Waals surface area contributed by atoms with E-state index in [1.54, 1.807) is 6.07 Å². The van der Waals surface area contributed by atoms with Crippen LogP contribution in [0.4, 0.5) is 13.2 Å². The highest BCUT2D eigenvalue weighted by Gasteiger charge is 2.20. The van der Waals surface area contributed by atoms with Gasteiger partial charge in [0.1, 0.15) is 11.6 Å². The summed E-state index contributed by atoms with van der Waals surface area (Å²) in [5.74, 6) is -2.26. The molecule has 1 atom stereocenters. The largest absolute Gasteiger partial charge is 0.497 e. The highest BCUT2D eigenvalue weighted by molar-refractivity contribution is 9.09. The van der Waals surface area contributed by atoms with Crippen LogP contribution >= 0.6 is 27.5 Å². The van der Waals surface area contributed by atoms with Crippen LogP contribution in [0.5, 0.6) is 5.75 Å². The van der Waals surface area contributed by atoms with Gasteiger partial charge in [0.25, 0.3) is 0 Å². The molecule has 106 valence electrons. The minimum atomic E-state index is -1.05. The van der Waals surface area contributed by atoms with Crippen LogP contribution < -0.4 is 4.74 Å². The minimum absolute atomic E-state index is 0.0148. The van der Waals surface area contributed by atoms with Crippen molar-refractivity contribution >= 4 is 27.5 Å². The Kier molecular flexibility index (Phi) is 4.60. The van der Waals surface area contributed by atoms with E-state index < -0.39 is 22.3 Å². The number of rotatable bonds is 3. The molecule has 0 saturated heterocycles. The molecule has 0 bridgehead atoms. The normalized spacial score (nSPS) is 12.3. The summed E-state index contributed by atoms with van der Waals surface area (Å²) in [6, 6.07) is 6.08. The number of hydrogen-bond acceptors (Lipinski definition) is 1. The second-order valence-electron chi connectivity index (χ2n) is 4.04. The van der Waals surface area contributed by atoms with Gasteiger partial charge in [0.05, 0.1) is 11.9 Å². The molecule has 0 radical (unpaired) electrons. The number of alkyl halides is 1. The average Bonchev–Trinajstić information content (AvgIpc) is 2.42. The summed E-state index contributed by atoms with van der Waals surface area (Å²) in [5, 5.41) is 0.0148. The van der Waals surface area contributed by atoms with Crippen LogP contribution in [0.25, 0.3) is 0 Å². The van der Waals surface area contributed by atoms with Crippen LogP contribution in [0.3, 0.4) is 0 Å². The molecule has 0 N–H and O–H groups in total. The first-order valence-electron chi connectivity index (χ1n) is 5.56. The summed E-state index contributed by atoms with van der Waals surface area (Å²) in [7, 11) is 1.42. The molecule has 1 unspecified atom stereocenters. The summed E-state index contributed by atoms with van der Waals surface area (Å²) in [6.45, 7) is 0. The summed E-state index contributed by atoms with van der Waals surface area (Å²) in [4.78, 5) is -0.698. The average molecular weight is 366 g/mol. The summed E-state index contributed by atoms with van der Waals surface area (Å²) < 4.78 is 45.2. The zero-order valence-electron chi connectivity index (χ0n) is 10.3. The van der Waals surface area contributed by atoms with Crippen molar-refractivity contribution in [3.63, 3.8) is 0 Å². The number of benzene rings is 2. The van der Waals surface area contributed by atoms with Crippen LogP contribution in [-0.2, 0) is 0 Å². The summed E-state index contributed by atoms with van der Waals surface area (Å²) >= 11 is 9.12. The summed E-state index contributed by atoms with van der Waals surface area (Å²) in [5.41, 5.74) is 0.494. The third-order valence-electron chi connectivity index (χ3n) is 2.79. The molecule has 0 spiro atoms. The van der Waals surface area contributed by atoms with Crippen molar-refractivity contribution in [1.29, 1.82) is 0 Å². The predicted octanol–water partition coefficient (Wildman–Crippen LogP) is 5.25. The molecule has 0 aliphatic rings. The van der Waals surface area contributed by atoms with Gasteiger partial charge in [0, 0.05) is 16.7 Å². The van der Waals surface area contributed by atoms with Crippen LogP contribution in [-0.4, -0.2) is 7.11 Å². The minimum Gasteiger partial charge on any atom is -0.497 e. The number of halogens is 5. The van der Waals surface area contributed by atoms with E-state index in [1.807, 2.05) is 0 Å². The standard InChI is InChI=1S/C14H9BrClF3O/c1-20-7-2-3-8(11(17)4-7)14(15)9-5-12(18)13(19)6-10(9)16/h2-6,14H,1H3. The van der Waals surface area contributed by atoms with Gasteiger partial charge < -0.3 is 4.74 Å². The Morgan fingerprint density at radius 3 is 2.25 bits per heavy atom. The van der Waals surface area contributed by atoms with E-state index in [1.165, 1.54) is 19.2 Å². The van der Waals surface area contributed by atoms with E-state index in [9.17, 15) is 13.2 Å². The lowest BCUT2D eigenvalue weighted by Crippen LogP contribution is -2.00. The monoisotopic (exact) mass is 364 g/mol. The molecular formula is C14H9BrClF3O. The third kappa shape index (κ3) is 2.94. The SMILES string of the molecule is COc1ccc(C(Br)c2cc(F)c(F)cc2Cl)c(F)c1. The molecule has 1 nitrogen and oxygen atoms in total. The Hall–Kier alpha value is -1.20. The lowest BCUT2D eigenvalue weighted by molar-refractivity contribution is 0.411. The Morgan fingerprint density at radius 2 is 1.65 bits per heavy atom. The molecule has 0 aromatic heterocycles. The van der Waals surface area contributed by atoms with Crippen molar-refractivity contribution in [2.75, 3.05) is 7.11 Å². The lowest BCUT2D eigenvalue weighted by atomic mass is 10.0. The molecule has 6 heteroatoms. The molecule has 2 rings (SSSR count). The first-order chi connectivity index (χ1) is 9.43. The van der Waals surface area contributed by atoms with Gasteiger partial charge in [0.2, 0.25) is 0 Å². The van der Waals surface area contributed by atoms with Gasteiger partial charge in [-0.15, -0.1) is 0 Å². The van der Waals surface area contributed by atoms with Crippen molar-refractivity contribution in [3.05, 3.63) is 63.9 Å². The Balaban J connectivity index is 2.46. The number of methoxy groups -OCH3 is 1. The van der Waals surface area contributed by atoms with Crippen molar-refractivity contribution in [1.82, 2.24) is 0 Å². The molecule has 0 aliphatic heterocycles. The number of hydrogen-bond donors (Lipinski definition) is 0. The Bertz CT molecular complexity index is 649. The van der Waals surface area contributed by atoms with E-state index in [0.717, 1.165) is 12.1 Å². The smallest absolute Gasteiger partial charge is 0.160 e. The fourth-order valence-corrected chi connectivity index (χ4v) is 2.88. The fourth-order valence-electron chi connectivity index (χ4n) is 1.74. The van der Waals surface area contributed by atoms with Crippen LogP contribution in [0.1, 0.15) is 16.0 Å². The first-order valence-corrected chi connectivity index (χ1v) is 6.85. The molecular weight excluding hydrogens is 357 g/mol. The maximum absolute atomic E-state index is 14.0. The molecule has 2 aromatic rings. The maximum atomic E-state index is 14.0. The van der Waals surface area contributed by atoms with E-state index in [-0.39, 0.29) is 16.1 Å². The topological polar surface area (TPSA) is 9.23 Å². The van der Waals surface area contributed by atoms with Crippen LogP contribution in [0, 0.1) is 17.5 Å². The molecule has 20 heavy (non-hydrogen) atoms. The molecule has 0 amide bonds. The molecule has 0 aliphatic carbocycles. The lowest BCUT2D eigenvalue weighted by Gasteiger charge is -2.14. The van der Waals surface area contributed by atoms with E-state index in [4.69, 9.17) is 16.3 Å². The van der Waals surface area contributed by atoms with E-state index in [2.05, 4.69) is 15.9 Å². The summed E-state index contributed by atoms with van der Waals surface area (Å²) in [6.07, 6.45) is 0. The van der Waals surface area contributed by atoms with Crippen LogP contribution in [0.15, 0.2) is 30.3 Å². The molecule has 2 aromatic carbocycles. The highest BCUT2D eigenvalue weighted by Crippen LogP contribution is 2.38.